The van der Waals surface area contributed by atoms with E-state index < -0.39 is 6.10 Å². The first-order chi connectivity index (χ1) is 8.70. The Labute approximate surface area is 105 Å². The van der Waals surface area contributed by atoms with Crippen LogP contribution in [-0.2, 0) is 4.79 Å². The van der Waals surface area contributed by atoms with Gasteiger partial charge in [0.2, 0.25) is 0 Å². The summed E-state index contributed by atoms with van der Waals surface area (Å²) in [6, 6.07) is 5.83. The van der Waals surface area contributed by atoms with Gasteiger partial charge in [0.15, 0.2) is 6.10 Å². The summed E-state index contributed by atoms with van der Waals surface area (Å²) in [5, 5.41) is 3.00. The fraction of sp³-hybridized carbons (Fsp3) is 0.500. The molecule has 0 unspecified atom stereocenters. The van der Waals surface area contributed by atoms with Crippen molar-refractivity contribution in [3.63, 3.8) is 0 Å². The van der Waals surface area contributed by atoms with E-state index >= 15 is 0 Å². The zero-order valence-corrected chi connectivity index (χ0v) is 10.1. The first-order valence-corrected chi connectivity index (χ1v) is 6.44. The van der Waals surface area contributed by atoms with Crippen LogP contribution < -0.4 is 10.1 Å². The molecule has 1 aromatic rings. The Morgan fingerprint density at radius 2 is 1.83 bits per heavy atom. The highest BCUT2D eigenvalue weighted by atomic mass is 19.1. The molecule has 18 heavy (non-hydrogen) atoms. The number of carbonyl (C=O) groups is 1. The zero-order chi connectivity index (χ0) is 12.6. The molecule has 1 amide bonds. The predicted octanol–water partition coefficient (Wildman–Crippen LogP) is 2.41. The Morgan fingerprint density at radius 3 is 2.44 bits per heavy atom. The van der Waals surface area contributed by atoms with Gasteiger partial charge in [0.1, 0.15) is 11.6 Å². The van der Waals surface area contributed by atoms with Gasteiger partial charge in [0, 0.05) is 0 Å². The van der Waals surface area contributed by atoms with Crippen LogP contribution in [0.15, 0.2) is 24.3 Å². The number of amides is 1. The molecule has 96 valence electrons. The van der Waals surface area contributed by atoms with Gasteiger partial charge in [-0.2, -0.15) is 0 Å². The predicted molar refractivity (Wildman–Crippen MR) is 64.8 cm³/mol. The Hall–Kier alpha value is -1.58. The first kappa shape index (κ1) is 11.5. The summed E-state index contributed by atoms with van der Waals surface area (Å²) in [6.45, 7) is 0. The van der Waals surface area contributed by atoms with Crippen molar-refractivity contribution in [2.75, 3.05) is 0 Å². The number of hydrogen-bond donors (Lipinski definition) is 1. The highest BCUT2D eigenvalue weighted by molar-refractivity contribution is 5.90. The van der Waals surface area contributed by atoms with Gasteiger partial charge in [-0.25, -0.2) is 4.39 Å². The van der Waals surface area contributed by atoms with Crippen LogP contribution >= 0.6 is 0 Å². The van der Waals surface area contributed by atoms with Gasteiger partial charge in [0.25, 0.3) is 5.91 Å². The van der Waals surface area contributed by atoms with Crippen LogP contribution in [0.2, 0.25) is 0 Å². The zero-order valence-electron chi connectivity index (χ0n) is 10.1. The van der Waals surface area contributed by atoms with Gasteiger partial charge < -0.3 is 10.1 Å². The Morgan fingerprint density at radius 1 is 1.17 bits per heavy atom. The second-order valence-electron chi connectivity index (χ2n) is 5.16. The lowest BCUT2D eigenvalue weighted by Gasteiger charge is -2.50. The van der Waals surface area contributed by atoms with E-state index in [0.717, 1.165) is 25.7 Å². The van der Waals surface area contributed by atoms with E-state index in [1.165, 1.54) is 18.6 Å². The van der Waals surface area contributed by atoms with Crippen LogP contribution in [-0.4, -0.2) is 17.6 Å². The smallest absolute Gasteiger partial charge is 0.264 e. The molecule has 4 heteroatoms. The molecule has 1 N–H and O–H groups in total. The van der Waals surface area contributed by atoms with Crippen molar-refractivity contribution in [3.8, 4) is 5.75 Å². The fourth-order valence-corrected chi connectivity index (χ4v) is 2.94. The van der Waals surface area contributed by atoms with Crippen LogP contribution in [0, 0.1) is 5.82 Å². The highest BCUT2D eigenvalue weighted by Gasteiger charge is 2.55. The standard InChI is InChI=1S/C14H16FNO2/c15-10-4-6-11(7-5-10)18-12-13(17)16-14(12)8-2-1-3-9-14/h4-7,12H,1-3,8-9H2,(H,16,17)/t12-/m1/s1. The van der Waals surface area contributed by atoms with Crippen molar-refractivity contribution >= 4 is 5.91 Å². The lowest BCUT2D eigenvalue weighted by Crippen LogP contribution is -2.75. The Balaban J connectivity index is 1.74. The van der Waals surface area contributed by atoms with Gasteiger partial charge >= 0.3 is 0 Å². The van der Waals surface area contributed by atoms with Gasteiger partial charge in [-0.15, -0.1) is 0 Å². The number of nitrogens with one attached hydrogen (secondary N) is 1. The normalized spacial score (nSPS) is 25.4. The molecule has 1 aliphatic carbocycles. The molecule has 1 saturated heterocycles. The molecule has 0 radical (unpaired) electrons. The van der Waals surface area contributed by atoms with Crippen LogP contribution in [0.3, 0.4) is 0 Å². The van der Waals surface area contributed by atoms with Crippen LogP contribution in [0.4, 0.5) is 4.39 Å². The monoisotopic (exact) mass is 249 g/mol. The third-order valence-corrected chi connectivity index (χ3v) is 3.93. The van der Waals surface area contributed by atoms with Gasteiger partial charge in [-0.1, -0.05) is 19.3 Å². The number of β-lactam (4-membered cyclic amide) rings is 1. The summed E-state index contributed by atoms with van der Waals surface area (Å²) in [5.74, 6) is 0.204. The minimum Gasteiger partial charge on any atom is -0.478 e. The number of hydrogen-bond acceptors (Lipinski definition) is 2. The number of halogens is 1. The van der Waals surface area contributed by atoms with Crippen molar-refractivity contribution in [3.05, 3.63) is 30.1 Å². The van der Waals surface area contributed by atoms with Crippen molar-refractivity contribution in [1.29, 1.82) is 0 Å². The van der Waals surface area contributed by atoms with E-state index in [1.807, 2.05) is 0 Å². The van der Waals surface area contributed by atoms with Crippen LogP contribution in [0.5, 0.6) is 5.75 Å². The Kier molecular flexibility index (Phi) is 2.73. The van der Waals surface area contributed by atoms with E-state index in [0.29, 0.717) is 5.75 Å². The summed E-state index contributed by atoms with van der Waals surface area (Å²) >= 11 is 0. The topological polar surface area (TPSA) is 38.3 Å². The highest BCUT2D eigenvalue weighted by Crippen LogP contribution is 2.38. The molecular formula is C14H16FNO2. The molecule has 1 saturated carbocycles. The average molecular weight is 249 g/mol. The van der Waals surface area contributed by atoms with Crippen molar-refractivity contribution in [2.24, 2.45) is 0 Å². The van der Waals surface area contributed by atoms with Crippen molar-refractivity contribution < 1.29 is 13.9 Å². The third kappa shape index (κ3) is 1.85. The second-order valence-corrected chi connectivity index (χ2v) is 5.16. The quantitative estimate of drug-likeness (QED) is 0.817. The molecule has 3 rings (SSSR count). The van der Waals surface area contributed by atoms with Gasteiger partial charge in [0.05, 0.1) is 5.54 Å². The minimum absolute atomic E-state index is 0.0544. The van der Waals surface area contributed by atoms with E-state index in [1.54, 1.807) is 12.1 Å². The maximum Gasteiger partial charge on any atom is 0.264 e. The molecule has 1 atom stereocenters. The second kappa shape index (κ2) is 4.26. The maximum atomic E-state index is 12.8. The van der Waals surface area contributed by atoms with E-state index in [9.17, 15) is 9.18 Å². The summed E-state index contributed by atoms with van der Waals surface area (Å²) in [4.78, 5) is 11.7. The van der Waals surface area contributed by atoms with Crippen molar-refractivity contribution in [2.45, 2.75) is 43.7 Å². The maximum absolute atomic E-state index is 12.8. The van der Waals surface area contributed by atoms with E-state index in [4.69, 9.17) is 4.74 Å². The molecule has 2 aliphatic rings. The number of rotatable bonds is 2. The summed E-state index contributed by atoms with van der Waals surface area (Å²) in [6.07, 6.45) is 5.02. The lowest BCUT2D eigenvalue weighted by atomic mass is 9.72. The molecule has 3 nitrogen and oxygen atoms in total. The molecular weight excluding hydrogens is 233 g/mol. The number of carbonyl (C=O) groups excluding carboxylic acids is 1. The summed E-state index contributed by atoms with van der Waals surface area (Å²) < 4.78 is 18.5. The molecule has 1 spiro atoms. The largest absolute Gasteiger partial charge is 0.478 e. The van der Waals surface area contributed by atoms with Gasteiger partial charge in [-0.3, -0.25) is 4.79 Å². The summed E-state index contributed by atoms with van der Waals surface area (Å²) in [7, 11) is 0. The SMILES string of the molecule is O=C1NC2(CCCCC2)[C@@H]1Oc1ccc(F)cc1. The average Bonchev–Trinajstić information content (AvgIpc) is 2.39. The summed E-state index contributed by atoms with van der Waals surface area (Å²) in [5.41, 5.74) is -0.177. The van der Waals surface area contributed by atoms with Crippen LogP contribution in [0.1, 0.15) is 32.1 Å². The third-order valence-electron chi connectivity index (χ3n) is 3.93. The van der Waals surface area contributed by atoms with Gasteiger partial charge in [-0.05, 0) is 37.1 Å². The fourth-order valence-electron chi connectivity index (χ4n) is 2.94. The molecule has 0 bridgehead atoms. The molecule has 1 heterocycles. The lowest BCUT2D eigenvalue weighted by molar-refractivity contribution is -0.151. The van der Waals surface area contributed by atoms with Crippen molar-refractivity contribution in [1.82, 2.24) is 5.32 Å². The molecule has 1 aliphatic heterocycles. The van der Waals surface area contributed by atoms with E-state index in [2.05, 4.69) is 5.32 Å². The molecule has 1 aromatic carbocycles. The van der Waals surface area contributed by atoms with E-state index in [-0.39, 0.29) is 17.3 Å². The number of ether oxygens (including phenoxy) is 1. The molecule has 2 fully saturated rings. The number of benzene rings is 1. The first-order valence-electron chi connectivity index (χ1n) is 6.44. The Bertz CT molecular complexity index is 451. The van der Waals surface area contributed by atoms with Crippen LogP contribution in [0.25, 0.3) is 0 Å². The molecule has 0 aromatic heterocycles. The minimum atomic E-state index is -0.414.